The van der Waals surface area contributed by atoms with Gasteiger partial charge in [0.25, 0.3) is 0 Å². The van der Waals surface area contributed by atoms with E-state index in [9.17, 15) is 4.39 Å². The molecule has 26 heavy (non-hydrogen) atoms. The van der Waals surface area contributed by atoms with Crippen LogP contribution in [-0.4, -0.2) is 21.9 Å². The number of halogens is 1. The minimum absolute atomic E-state index is 0.211. The largest absolute Gasteiger partial charge is 0.497 e. The number of nitrogens with zero attached hydrogens (tertiary/aromatic N) is 3. The first-order valence-corrected chi connectivity index (χ1v) is 9.13. The Morgan fingerprint density at radius 3 is 2.65 bits per heavy atom. The molecule has 1 unspecified atom stereocenters. The number of rotatable bonds is 7. The first-order chi connectivity index (χ1) is 12.6. The maximum absolute atomic E-state index is 13.7. The van der Waals surface area contributed by atoms with Crippen LogP contribution in [0.15, 0.2) is 53.7 Å². The van der Waals surface area contributed by atoms with E-state index >= 15 is 0 Å². The third-order valence-corrected chi connectivity index (χ3v) is 4.97. The summed E-state index contributed by atoms with van der Waals surface area (Å²) in [5.41, 5.74) is 0.641. The Labute approximate surface area is 156 Å². The summed E-state index contributed by atoms with van der Waals surface area (Å²) >= 11 is 1.44. The molecule has 5 nitrogen and oxygen atoms in total. The molecule has 3 rings (SSSR count). The molecule has 2 aromatic carbocycles. The molecule has 0 aliphatic heterocycles. The van der Waals surface area contributed by atoms with Gasteiger partial charge in [0.2, 0.25) is 0 Å². The molecule has 0 fully saturated rings. The maximum Gasteiger partial charge on any atom is 0.191 e. The Kier molecular flexibility index (Phi) is 5.78. The minimum atomic E-state index is -0.289. The lowest BCUT2D eigenvalue weighted by molar-refractivity contribution is 0.210. The third-order valence-electron chi connectivity index (χ3n) is 3.90. The Balaban J connectivity index is 1.68. The highest BCUT2D eigenvalue weighted by Crippen LogP contribution is 2.27. The van der Waals surface area contributed by atoms with Crippen molar-refractivity contribution in [3.8, 4) is 11.5 Å². The molecule has 0 aliphatic rings. The fourth-order valence-electron chi connectivity index (χ4n) is 2.49. The van der Waals surface area contributed by atoms with Gasteiger partial charge in [-0.15, -0.1) is 10.2 Å². The fraction of sp³-hybridized carbons (Fsp3) is 0.263. The lowest BCUT2D eigenvalue weighted by atomic mass is 10.2. The molecule has 3 aromatic rings. The Morgan fingerprint density at radius 1 is 1.12 bits per heavy atom. The van der Waals surface area contributed by atoms with Crippen LogP contribution in [0.3, 0.4) is 0 Å². The Hall–Kier alpha value is -2.54. The van der Waals surface area contributed by atoms with E-state index in [0.717, 1.165) is 5.75 Å². The Morgan fingerprint density at radius 2 is 1.88 bits per heavy atom. The van der Waals surface area contributed by atoms with E-state index < -0.39 is 0 Å². The van der Waals surface area contributed by atoms with Crippen molar-refractivity contribution < 1.29 is 13.9 Å². The van der Waals surface area contributed by atoms with E-state index in [1.54, 1.807) is 19.2 Å². The SMILES string of the molecule is COc1cccc(OC(C)c2nnc(SCc3ccccc3F)n2C)c1. The van der Waals surface area contributed by atoms with Crippen molar-refractivity contribution in [2.45, 2.75) is 23.9 Å². The average Bonchev–Trinajstić information content (AvgIpc) is 3.02. The van der Waals surface area contributed by atoms with Crippen molar-refractivity contribution in [2.75, 3.05) is 7.11 Å². The van der Waals surface area contributed by atoms with Gasteiger partial charge in [0.15, 0.2) is 17.1 Å². The number of methoxy groups -OCH3 is 1. The molecule has 0 amide bonds. The number of hydrogen-bond donors (Lipinski definition) is 0. The molecule has 0 radical (unpaired) electrons. The summed E-state index contributed by atoms with van der Waals surface area (Å²) in [4.78, 5) is 0. The van der Waals surface area contributed by atoms with Crippen molar-refractivity contribution in [3.63, 3.8) is 0 Å². The second kappa shape index (κ2) is 8.23. The predicted octanol–water partition coefficient (Wildman–Crippen LogP) is 4.40. The minimum Gasteiger partial charge on any atom is -0.497 e. The van der Waals surface area contributed by atoms with Crippen LogP contribution in [0.25, 0.3) is 0 Å². The molecule has 0 bridgehead atoms. The standard InChI is InChI=1S/C19H20FN3O2S/c1-13(25-16-9-6-8-15(11-16)24-3)18-21-22-19(23(18)2)26-12-14-7-4-5-10-17(14)20/h4-11,13H,12H2,1-3H3. The fourth-order valence-corrected chi connectivity index (χ4v) is 3.40. The number of aromatic nitrogens is 3. The summed E-state index contributed by atoms with van der Waals surface area (Å²) in [7, 11) is 3.49. The monoisotopic (exact) mass is 373 g/mol. The van der Waals surface area contributed by atoms with E-state index in [0.29, 0.717) is 28.0 Å². The van der Waals surface area contributed by atoms with E-state index in [4.69, 9.17) is 9.47 Å². The van der Waals surface area contributed by atoms with E-state index in [2.05, 4.69) is 10.2 Å². The van der Waals surface area contributed by atoms with Crippen LogP contribution in [0.5, 0.6) is 11.5 Å². The summed E-state index contributed by atoms with van der Waals surface area (Å²) in [6.07, 6.45) is -0.289. The normalized spacial score (nSPS) is 12.0. The second-order valence-electron chi connectivity index (χ2n) is 5.72. The van der Waals surface area contributed by atoms with Gasteiger partial charge < -0.3 is 14.0 Å². The molecule has 1 atom stereocenters. The summed E-state index contributed by atoms with van der Waals surface area (Å²) in [6.45, 7) is 1.91. The first kappa shape index (κ1) is 18.3. The predicted molar refractivity (Wildman–Crippen MR) is 99.0 cm³/mol. The van der Waals surface area contributed by atoms with Gasteiger partial charge in [0.1, 0.15) is 17.3 Å². The molecule has 1 heterocycles. The molecule has 0 saturated heterocycles. The van der Waals surface area contributed by atoms with Crippen LogP contribution in [0.2, 0.25) is 0 Å². The maximum atomic E-state index is 13.7. The van der Waals surface area contributed by atoms with Crippen LogP contribution in [0, 0.1) is 5.82 Å². The summed E-state index contributed by atoms with van der Waals surface area (Å²) in [5.74, 6) is 2.40. The second-order valence-corrected chi connectivity index (χ2v) is 6.66. The average molecular weight is 373 g/mol. The van der Waals surface area contributed by atoms with Gasteiger partial charge in [-0.25, -0.2) is 4.39 Å². The quantitative estimate of drug-likeness (QED) is 0.575. The molecular formula is C19H20FN3O2S. The lowest BCUT2D eigenvalue weighted by Crippen LogP contribution is -2.10. The van der Waals surface area contributed by atoms with Gasteiger partial charge in [0.05, 0.1) is 7.11 Å². The van der Waals surface area contributed by atoms with Gasteiger partial charge in [-0.3, -0.25) is 0 Å². The molecule has 0 spiro atoms. The smallest absolute Gasteiger partial charge is 0.191 e. The molecule has 136 valence electrons. The van der Waals surface area contributed by atoms with Crippen molar-refractivity contribution in [3.05, 3.63) is 65.7 Å². The van der Waals surface area contributed by atoms with Crippen molar-refractivity contribution in [1.82, 2.24) is 14.8 Å². The van der Waals surface area contributed by atoms with Crippen molar-refractivity contribution >= 4 is 11.8 Å². The lowest BCUT2D eigenvalue weighted by Gasteiger charge is -2.14. The van der Waals surface area contributed by atoms with Gasteiger partial charge in [-0.1, -0.05) is 36.0 Å². The highest BCUT2D eigenvalue weighted by atomic mass is 32.2. The van der Waals surface area contributed by atoms with Gasteiger partial charge in [-0.2, -0.15) is 0 Å². The van der Waals surface area contributed by atoms with E-state index in [-0.39, 0.29) is 11.9 Å². The van der Waals surface area contributed by atoms with Crippen LogP contribution in [0.1, 0.15) is 24.4 Å². The summed E-state index contributed by atoms with van der Waals surface area (Å²) < 4.78 is 26.8. The number of ether oxygens (including phenoxy) is 2. The highest BCUT2D eigenvalue weighted by Gasteiger charge is 2.18. The van der Waals surface area contributed by atoms with Gasteiger partial charge in [-0.05, 0) is 30.7 Å². The molecule has 0 N–H and O–H groups in total. The van der Waals surface area contributed by atoms with Crippen molar-refractivity contribution in [1.29, 1.82) is 0 Å². The number of hydrogen-bond acceptors (Lipinski definition) is 5. The van der Waals surface area contributed by atoms with Crippen LogP contribution < -0.4 is 9.47 Å². The van der Waals surface area contributed by atoms with Crippen LogP contribution in [-0.2, 0) is 12.8 Å². The zero-order valence-corrected chi connectivity index (χ0v) is 15.7. The number of thioether (sulfide) groups is 1. The topological polar surface area (TPSA) is 49.2 Å². The van der Waals surface area contributed by atoms with Crippen LogP contribution in [0.4, 0.5) is 4.39 Å². The van der Waals surface area contributed by atoms with Crippen LogP contribution >= 0.6 is 11.8 Å². The molecular weight excluding hydrogens is 353 g/mol. The van der Waals surface area contributed by atoms with Gasteiger partial charge >= 0.3 is 0 Å². The zero-order valence-electron chi connectivity index (χ0n) is 14.8. The zero-order chi connectivity index (χ0) is 18.5. The molecule has 0 aliphatic carbocycles. The molecule has 0 saturated carbocycles. The summed E-state index contributed by atoms with van der Waals surface area (Å²) in [6, 6.07) is 14.2. The highest BCUT2D eigenvalue weighted by molar-refractivity contribution is 7.98. The Bertz CT molecular complexity index is 885. The summed E-state index contributed by atoms with van der Waals surface area (Å²) in [5, 5.41) is 9.15. The third kappa shape index (κ3) is 4.16. The molecule has 1 aromatic heterocycles. The van der Waals surface area contributed by atoms with Gasteiger partial charge in [0, 0.05) is 18.9 Å². The van der Waals surface area contributed by atoms with Crippen molar-refractivity contribution in [2.24, 2.45) is 7.05 Å². The van der Waals surface area contributed by atoms with E-state index in [1.807, 2.05) is 48.9 Å². The van der Waals surface area contributed by atoms with E-state index in [1.165, 1.54) is 17.8 Å². The number of benzene rings is 2. The first-order valence-electron chi connectivity index (χ1n) is 8.14. The molecule has 7 heteroatoms.